The van der Waals surface area contributed by atoms with E-state index in [1.807, 2.05) is 0 Å². The van der Waals surface area contributed by atoms with Crippen molar-refractivity contribution in [3.05, 3.63) is 0 Å². The fraction of sp³-hybridized carbons (Fsp3) is 1.00. The van der Waals surface area contributed by atoms with Gasteiger partial charge in [0.1, 0.15) is 0 Å². The average Bonchev–Trinajstić information content (AvgIpc) is 2.52. The fourth-order valence-electron chi connectivity index (χ4n) is 1.43. The zero-order valence-corrected chi connectivity index (χ0v) is 8.20. The molecule has 2 N–H and O–H groups in total. The maximum absolute atomic E-state index is 5.83. The van der Waals surface area contributed by atoms with Crippen LogP contribution >= 0.6 is 11.8 Å². The Labute approximate surface area is 74.1 Å². The van der Waals surface area contributed by atoms with Crippen LogP contribution in [0.1, 0.15) is 39.0 Å². The van der Waals surface area contributed by atoms with Gasteiger partial charge in [-0.1, -0.05) is 19.8 Å². The van der Waals surface area contributed by atoms with Crippen molar-refractivity contribution in [1.82, 2.24) is 0 Å². The molecule has 1 fully saturated rings. The minimum atomic E-state index is 0.431. The van der Waals surface area contributed by atoms with E-state index in [4.69, 9.17) is 5.73 Å². The summed E-state index contributed by atoms with van der Waals surface area (Å²) in [6, 6.07) is 0.431. The lowest BCUT2D eigenvalue weighted by Gasteiger charge is -2.12. The van der Waals surface area contributed by atoms with Crippen molar-refractivity contribution in [2.45, 2.75) is 50.3 Å². The van der Waals surface area contributed by atoms with Crippen molar-refractivity contribution in [3.8, 4) is 0 Å². The molecule has 0 heterocycles. The molecule has 0 aromatic heterocycles. The first-order valence-electron chi connectivity index (χ1n) is 4.70. The highest BCUT2D eigenvalue weighted by Gasteiger charge is 2.15. The molecule has 0 bridgehead atoms. The second-order valence-electron chi connectivity index (χ2n) is 3.41. The molecule has 0 spiro atoms. The van der Waals surface area contributed by atoms with Crippen LogP contribution in [-0.4, -0.2) is 17.0 Å². The van der Waals surface area contributed by atoms with Crippen LogP contribution in [0.3, 0.4) is 0 Å². The molecule has 1 rings (SSSR count). The predicted molar refractivity (Wildman–Crippen MR) is 53.0 cm³/mol. The Hall–Kier alpha value is 0.310. The summed E-state index contributed by atoms with van der Waals surface area (Å²) >= 11 is 2.09. The van der Waals surface area contributed by atoms with Crippen LogP contribution in [0.15, 0.2) is 0 Å². The Morgan fingerprint density at radius 2 is 2.09 bits per heavy atom. The second-order valence-corrected chi connectivity index (χ2v) is 4.74. The van der Waals surface area contributed by atoms with Gasteiger partial charge in [-0.25, -0.2) is 0 Å². The third kappa shape index (κ3) is 3.48. The Bertz CT molecular complexity index is 99.7. The summed E-state index contributed by atoms with van der Waals surface area (Å²) in [5, 5.41) is 0.938. The van der Waals surface area contributed by atoms with Gasteiger partial charge in [0.2, 0.25) is 0 Å². The monoisotopic (exact) mass is 173 g/mol. The van der Waals surface area contributed by atoms with Crippen LogP contribution in [0.2, 0.25) is 0 Å². The third-order valence-electron chi connectivity index (χ3n) is 2.37. The van der Waals surface area contributed by atoms with Crippen LogP contribution < -0.4 is 5.73 Å². The third-order valence-corrected chi connectivity index (χ3v) is 3.94. The van der Waals surface area contributed by atoms with E-state index in [1.165, 1.54) is 31.4 Å². The molecule has 11 heavy (non-hydrogen) atoms. The number of hydrogen-bond acceptors (Lipinski definition) is 2. The number of thioether (sulfide) groups is 1. The summed E-state index contributed by atoms with van der Waals surface area (Å²) in [6.45, 7) is 2.17. The first-order chi connectivity index (χ1) is 5.33. The minimum absolute atomic E-state index is 0.431. The van der Waals surface area contributed by atoms with E-state index in [2.05, 4.69) is 18.7 Å². The van der Waals surface area contributed by atoms with Crippen LogP contribution in [0.4, 0.5) is 0 Å². The van der Waals surface area contributed by atoms with Gasteiger partial charge in [0, 0.05) is 17.0 Å². The van der Waals surface area contributed by atoms with E-state index < -0.39 is 0 Å². The van der Waals surface area contributed by atoms with Gasteiger partial charge in [0.15, 0.2) is 0 Å². The minimum Gasteiger partial charge on any atom is -0.327 e. The van der Waals surface area contributed by atoms with Gasteiger partial charge in [-0.15, -0.1) is 0 Å². The Morgan fingerprint density at radius 3 is 2.64 bits per heavy atom. The molecule has 1 nitrogen and oxygen atoms in total. The summed E-state index contributed by atoms with van der Waals surface area (Å²) in [5.41, 5.74) is 5.83. The topological polar surface area (TPSA) is 26.0 Å². The Balaban J connectivity index is 2.01. The van der Waals surface area contributed by atoms with E-state index in [-0.39, 0.29) is 0 Å². The van der Waals surface area contributed by atoms with Crippen molar-refractivity contribution in [2.24, 2.45) is 5.73 Å². The molecular formula is C9H19NS. The van der Waals surface area contributed by atoms with Gasteiger partial charge < -0.3 is 5.73 Å². The van der Waals surface area contributed by atoms with Gasteiger partial charge in [-0.2, -0.15) is 11.8 Å². The molecule has 1 atom stereocenters. The van der Waals surface area contributed by atoms with Crippen LogP contribution in [-0.2, 0) is 0 Å². The molecule has 0 amide bonds. The summed E-state index contributed by atoms with van der Waals surface area (Å²) in [6.07, 6.45) is 6.87. The number of nitrogens with two attached hydrogens (primary N) is 1. The number of hydrogen-bond donors (Lipinski definition) is 1. The van der Waals surface area contributed by atoms with E-state index in [9.17, 15) is 0 Å². The van der Waals surface area contributed by atoms with E-state index in [1.54, 1.807) is 0 Å². The second kappa shape index (κ2) is 5.04. The molecule has 2 heteroatoms. The van der Waals surface area contributed by atoms with Crippen molar-refractivity contribution in [3.63, 3.8) is 0 Å². The van der Waals surface area contributed by atoms with Crippen LogP contribution in [0.25, 0.3) is 0 Å². The van der Waals surface area contributed by atoms with Crippen LogP contribution in [0, 0.1) is 0 Å². The number of rotatable bonds is 4. The van der Waals surface area contributed by atoms with Gasteiger partial charge >= 0.3 is 0 Å². The first kappa shape index (κ1) is 9.40. The molecule has 0 radical (unpaired) electrons. The molecule has 1 aliphatic carbocycles. The molecule has 0 saturated heterocycles. The largest absolute Gasteiger partial charge is 0.327 e. The normalized spacial score (nSPS) is 22.4. The zero-order valence-electron chi connectivity index (χ0n) is 7.38. The van der Waals surface area contributed by atoms with E-state index in [0.29, 0.717) is 6.04 Å². The first-order valence-corrected chi connectivity index (χ1v) is 5.75. The molecule has 0 aromatic carbocycles. The standard InChI is InChI=1S/C9H19NS/c1-2-8(10)7-11-9-5-3-4-6-9/h8-9H,2-7,10H2,1H3. The molecule has 1 aliphatic rings. The quantitative estimate of drug-likeness (QED) is 0.706. The lowest BCUT2D eigenvalue weighted by atomic mass is 10.3. The smallest absolute Gasteiger partial charge is 0.0127 e. The maximum Gasteiger partial charge on any atom is 0.0127 e. The van der Waals surface area contributed by atoms with Crippen LogP contribution in [0.5, 0.6) is 0 Å². The Morgan fingerprint density at radius 1 is 1.45 bits per heavy atom. The van der Waals surface area contributed by atoms with Gasteiger partial charge in [-0.3, -0.25) is 0 Å². The molecular weight excluding hydrogens is 154 g/mol. The lowest BCUT2D eigenvalue weighted by Crippen LogP contribution is -2.22. The van der Waals surface area contributed by atoms with Crippen molar-refractivity contribution < 1.29 is 0 Å². The zero-order chi connectivity index (χ0) is 8.10. The summed E-state index contributed by atoms with van der Waals surface area (Å²) in [5.74, 6) is 1.17. The van der Waals surface area contributed by atoms with Gasteiger partial charge in [0.25, 0.3) is 0 Å². The molecule has 66 valence electrons. The molecule has 0 aromatic rings. The predicted octanol–water partition coefficient (Wildman–Crippen LogP) is 2.40. The van der Waals surface area contributed by atoms with Crippen molar-refractivity contribution in [2.75, 3.05) is 5.75 Å². The van der Waals surface area contributed by atoms with E-state index in [0.717, 1.165) is 11.7 Å². The fourth-order valence-corrected chi connectivity index (χ4v) is 2.85. The highest BCUT2D eigenvalue weighted by molar-refractivity contribution is 7.99. The Kier molecular flexibility index (Phi) is 4.31. The SMILES string of the molecule is CCC(N)CSC1CCCC1. The maximum atomic E-state index is 5.83. The van der Waals surface area contributed by atoms with Crippen molar-refractivity contribution in [1.29, 1.82) is 0 Å². The average molecular weight is 173 g/mol. The lowest BCUT2D eigenvalue weighted by molar-refractivity contribution is 0.721. The summed E-state index contributed by atoms with van der Waals surface area (Å²) in [7, 11) is 0. The van der Waals surface area contributed by atoms with E-state index >= 15 is 0 Å². The van der Waals surface area contributed by atoms with Crippen molar-refractivity contribution >= 4 is 11.8 Å². The van der Waals surface area contributed by atoms with Gasteiger partial charge in [0.05, 0.1) is 0 Å². The highest BCUT2D eigenvalue weighted by atomic mass is 32.2. The molecule has 0 aliphatic heterocycles. The molecule has 1 saturated carbocycles. The van der Waals surface area contributed by atoms with Gasteiger partial charge in [-0.05, 0) is 19.3 Å². The summed E-state index contributed by atoms with van der Waals surface area (Å²) in [4.78, 5) is 0. The highest BCUT2D eigenvalue weighted by Crippen LogP contribution is 2.29. The molecule has 1 unspecified atom stereocenters. The summed E-state index contributed by atoms with van der Waals surface area (Å²) < 4.78 is 0.